The van der Waals surface area contributed by atoms with E-state index in [4.69, 9.17) is 0 Å². The van der Waals surface area contributed by atoms with Crippen molar-refractivity contribution in [2.24, 2.45) is 0 Å². The Labute approximate surface area is 113 Å². The molecule has 1 rings (SSSR count). The minimum absolute atomic E-state index is 0.240. The predicted molar refractivity (Wildman–Crippen MR) is 76.4 cm³/mol. The van der Waals surface area contributed by atoms with Crippen LogP contribution in [-0.4, -0.2) is 11.7 Å². The number of halogens is 1. The summed E-state index contributed by atoms with van der Waals surface area (Å²) < 4.78 is 1.01. The number of unbranched alkanes of at least 4 members (excludes halogenated alkanes) is 2. The first-order valence-electron chi connectivity index (χ1n) is 6.40. The summed E-state index contributed by atoms with van der Waals surface area (Å²) in [5, 5.41) is 13.4. The van der Waals surface area contributed by atoms with E-state index in [1.165, 1.54) is 19.3 Å². The maximum atomic E-state index is 9.88. The normalized spacial score (nSPS) is 12.6. The molecule has 0 aliphatic heterocycles. The Morgan fingerprint density at radius 3 is 2.71 bits per heavy atom. The summed E-state index contributed by atoms with van der Waals surface area (Å²) in [6, 6.07) is 5.85. The first-order valence-corrected chi connectivity index (χ1v) is 7.20. The van der Waals surface area contributed by atoms with Crippen molar-refractivity contribution in [2.75, 3.05) is 6.54 Å². The van der Waals surface area contributed by atoms with Crippen LogP contribution in [-0.2, 0) is 0 Å². The van der Waals surface area contributed by atoms with Crippen LogP contribution in [0, 0.1) is 0 Å². The van der Waals surface area contributed by atoms with Crippen LogP contribution in [0.2, 0.25) is 0 Å². The van der Waals surface area contributed by atoms with Gasteiger partial charge in [-0.15, -0.1) is 0 Å². The molecule has 0 fully saturated rings. The molecule has 2 N–H and O–H groups in total. The molecule has 17 heavy (non-hydrogen) atoms. The highest BCUT2D eigenvalue weighted by atomic mass is 79.9. The molecule has 0 saturated heterocycles. The quantitative estimate of drug-likeness (QED) is 0.732. The van der Waals surface area contributed by atoms with E-state index in [1.807, 2.05) is 12.1 Å². The topological polar surface area (TPSA) is 32.3 Å². The van der Waals surface area contributed by atoms with Gasteiger partial charge in [-0.05, 0) is 37.6 Å². The van der Waals surface area contributed by atoms with E-state index in [-0.39, 0.29) is 6.04 Å². The predicted octanol–water partition coefficient (Wildman–Crippen LogP) is 4.39. The molecule has 1 aromatic carbocycles. The van der Waals surface area contributed by atoms with Crippen LogP contribution in [0.15, 0.2) is 22.7 Å². The number of nitrogens with one attached hydrogen (secondary N) is 1. The summed E-state index contributed by atoms with van der Waals surface area (Å²) in [6.07, 6.45) is 4.67. The summed E-state index contributed by atoms with van der Waals surface area (Å²) in [6.45, 7) is 5.35. The molecule has 0 amide bonds. The zero-order chi connectivity index (χ0) is 12.7. The minimum Gasteiger partial charge on any atom is -0.508 e. The molecule has 1 aromatic rings. The Morgan fingerprint density at radius 2 is 2.06 bits per heavy atom. The average molecular weight is 300 g/mol. The van der Waals surface area contributed by atoms with Gasteiger partial charge in [0.25, 0.3) is 0 Å². The van der Waals surface area contributed by atoms with Crippen molar-refractivity contribution >= 4 is 15.9 Å². The van der Waals surface area contributed by atoms with Gasteiger partial charge in [0.05, 0.1) is 0 Å². The van der Waals surface area contributed by atoms with E-state index >= 15 is 0 Å². The van der Waals surface area contributed by atoms with Crippen molar-refractivity contribution < 1.29 is 5.11 Å². The van der Waals surface area contributed by atoms with Crippen molar-refractivity contribution in [1.29, 1.82) is 0 Å². The van der Waals surface area contributed by atoms with Gasteiger partial charge in [0.2, 0.25) is 0 Å². The van der Waals surface area contributed by atoms with Crippen LogP contribution in [0.25, 0.3) is 0 Å². The highest BCUT2D eigenvalue weighted by Gasteiger charge is 2.12. The van der Waals surface area contributed by atoms with E-state index in [1.54, 1.807) is 6.07 Å². The van der Waals surface area contributed by atoms with E-state index in [0.717, 1.165) is 23.0 Å². The van der Waals surface area contributed by atoms with Gasteiger partial charge in [-0.25, -0.2) is 0 Å². The zero-order valence-corrected chi connectivity index (χ0v) is 12.3. The van der Waals surface area contributed by atoms with Crippen molar-refractivity contribution in [2.45, 2.75) is 45.6 Å². The van der Waals surface area contributed by atoms with Gasteiger partial charge in [-0.2, -0.15) is 0 Å². The molecule has 0 aromatic heterocycles. The fraction of sp³-hybridized carbons (Fsp3) is 0.571. The third kappa shape index (κ3) is 4.68. The molecule has 0 spiro atoms. The van der Waals surface area contributed by atoms with Crippen molar-refractivity contribution in [3.05, 3.63) is 28.2 Å². The second-order valence-electron chi connectivity index (χ2n) is 4.33. The Kier molecular flexibility index (Phi) is 6.60. The van der Waals surface area contributed by atoms with Crippen molar-refractivity contribution in [1.82, 2.24) is 5.32 Å². The number of phenols is 1. The fourth-order valence-corrected chi connectivity index (χ4v) is 2.31. The number of benzene rings is 1. The Hall–Kier alpha value is -0.540. The highest BCUT2D eigenvalue weighted by molar-refractivity contribution is 9.10. The Balaban J connectivity index is 2.62. The molecule has 0 radical (unpaired) electrons. The fourth-order valence-electron chi connectivity index (χ4n) is 1.93. The Bertz CT molecular complexity index is 341. The molecule has 0 heterocycles. The third-order valence-corrected chi connectivity index (χ3v) is 3.44. The largest absolute Gasteiger partial charge is 0.508 e. The van der Waals surface area contributed by atoms with Gasteiger partial charge in [-0.3, -0.25) is 0 Å². The van der Waals surface area contributed by atoms with E-state index in [2.05, 4.69) is 35.1 Å². The molecule has 0 aliphatic carbocycles. The zero-order valence-electron chi connectivity index (χ0n) is 10.7. The lowest BCUT2D eigenvalue weighted by Crippen LogP contribution is -2.22. The van der Waals surface area contributed by atoms with Crippen LogP contribution in [0.1, 0.15) is 51.1 Å². The van der Waals surface area contributed by atoms with Crippen molar-refractivity contribution in [3.8, 4) is 5.75 Å². The van der Waals surface area contributed by atoms with E-state index < -0.39 is 0 Å². The molecular formula is C14H22BrNO. The highest BCUT2D eigenvalue weighted by Crippen LogP contribution is 2.29. The number of phenolic OH excluding ortho intramolecular Hbond substituents is 1. The minimum atomic E-state index is 0.240. The van der Waals surface area contributed by atoms with Crippen LogP contribution in [0.5, 0.6) is 5.75 Å². The summed E-state index contributed by atoms with van der Waals surface area (Å²) in [7, 11) is 0. The van der Waals surface area contributed by atoms with E-state index in [0.29, 0.717) is 5.75 Å². The van der Waals surface area contributed by atoms with Crippen molar-refractivity contribution in [3.63, 3.8) is 0 Å². The smallest absolute Gasteiger partial charge is 0.120 e. The molecule has 0 bridgehead atoms. The van der Waals surface area contributed by atoms with Crippen LogP contribution < -0.4 is 5.32 Å². The van der Waals surface area contributed by atoms with Gasteiger partial charge >= 0.3 is 0 Å². The van der Waals surface area contributed by atoms with Crippen LogP contribution in [0.3, 0.4) is 0 Å². The maximum Gasteiger partial charge on any atom is 0.120 e. The van der Waals surface area contributed by atoms with Crippen LogP contribution in [0.4, 0.5) is 0 Å². The first-order chi connectivity index (χ1) is 8.19. The summed E-state index contributed by atoms with van der Waals surface area (Å²) in [5.74, 6) is 0.378. The molecule has 0 aliphatic rings. The standard InChI is InChI=1S/C14H22BrNO/c1-3-5-6-9-16-13(4-2)12-10-11(15)7-8-14(12)17/h7-8,10,13,16-17H,3-6,9H2,1-2H3. The number of hydrogen-bond acceptors (Lipinski definition) is 2. The maximum absolute atomic E-state index is 9.88. The van der Waals surface area contributed by atoms with Gasteiger partial charge in [-0.1, -0.05) is 42.6 Å². The lowest BCUT2D eigenvalue weighted by Gasteiger charge is -2.18. The molecule has 3 heteroatoms. The molecule has 1 atom stereocenters. The molecular weight excluding hydrogens is 278 g/mol. The summed E-state index contributed by atoms with van der Waals surface area (Å²) in [5.41, 5.74) is 0.985. The molecule has 96 valence electrons. The Morgan fingerprint density at radius 1 is 1.29 bits per heavy atom. The second-order valence-corrected chi connectivity index (χ2v) is 5.24. The van der Waals surface area contributed by atoms with Gasteiger partial charge in [0.15, 0.2) is 0 Å². The lowest BCUT2D eigenvalue weighted by molar-refractivity contribution is 0.438. The number of hydrogen-bond donors (Lipinski definition) is 2. The number of aromatic hydroxyl groups is 1. The second kappa shape index (κ2) is 7.72. The monoisotopic (exact) mass is 299 g/mol. The molecule has 2 nitrogen and oxygen atoms in total. The lowest BCUT2D eigenvalue weighted by atomic mass is 10.0. The van der Waals surface area contributed by atoms with Gasteiger partial charge in [0.1, 0.15) is 5.75 Å². The average Bonchev–Trinajstić information content (AvgIpc) is 2.33. The summed E-state index contributed by atoms with van der Waals surface area (Å²) in [4.78, 5) is 0. The summed E-state index contributed by atoms with van der Waals surface area (Å²) >= 11 is 3.45. The van der Waals surface area contributed by atoms with Gasteiger partial charge < -0.3 is 10.4 Å². The van der Waals surface area contributed by atoms with E-state index in [9.17, 15) is 5.11 Å². The third-order valence-electron chi connectivity index (χ3n) is 2.94. The molecule has 1 unspecified atom stereocenters. The molecule has 0 saturated carbocycles. The SMILES string of the molecule is CCCCCNC(CC)c1cc(Br)ccc1O. The number of rotatable bonds is 7. The first kappa shape index (κ1) is 14.5. The van der Waals surface area contributed by atoms with Crippen LogP contribution >= 0.6 is 15.9 Å². The van der Waals surface area contributed by atoms with Gasteiger partial charge in [0, 0.05) is 16.1 Å².